The number of hydrogen-bond donors (Lipinski definition) is 0. The lowest BCUT2D eigenvalue weighted by molar-refractivity contribution is 0.342. The second kappa shape index (κ2) is 4.27. The molecule has 1 radical (unpaired) electrons. The molecule has 0 aliphatic rings. The zero-order chi connectivity index (χ0) is 8.91. The van der Waals surface area contributed by atoms with Gasteiger partial charge < -0.3 is 0 Å². The maximum Gasteiger partial charge on any atom is 0.366 e. The predicted molar refractivity (Wildman–Crippen MR) is 41.6 cm³/mol. The van der Waals surface area contributed by atoms with Gasteiger partial charge in [-0.3, -0.25) is 0 Å². The van der Waals surface area contributed by atoms with Crippen LogP contribution in [0.4, 0.5) is 0 Å². The summed E-state index contributed by atoms with van der Waals surface area (Å²) in [5.74, 6) is 0. The Morgan fingerprint density at radius 1 is 1.18 bits per heavy atom. The average Bonchev–Trinajstić information content (AvgIpc) is 1.85. The highest BCUT2D eigenvalue weighted by Crippen LogP contribution is 1.97. The van der Waals surface area contributed by atoms with Crippen molar-refractivity contribution in [1.82, 2.24) is 4.31 Å². The third-order valence-corrected chi connectivity index (χ3v) is 1.91. The number of hydrogen-bond acceptors (Lipinski definition) is 2. The van der Waals surface area contributed by atoms with Crippen molar-refractivity contribution < 1.29 is 13.0 Å². The van der Waals surface area contributed by atoms with Gasteiger partial charge in [0.15, 0.2) is 0 Å². The summed E-state index contributed by atoms with van der Waals surface area (Å²) in [7, 11) is -4.35. The van der Waals surface area contributed by atoms with Crippen LogP contribution in [0.2, 0.25) is 0 Å². The Kier molecular flexibility index (Phi) is 4.02. The third-order valence-electron chi connectivity index (χ3n) is 0.982. The Hall–Kier alpha value is -0.650. The van der Waals surface area contributed by atoms with Gasteiger partial charge in [0.2, 0.25) is 0 Å². The van der Waals surface area contributed by atoms with Gasteiger partial charge in [-0.1, -0.05) is 16.7 Å². The summed E-state index contributed by atoms with van der Waals surface area (Å²) >= 11 is 0. The first-order valence-electron chi connectivity index (χ1n) is 2.95. The topological polar surface area (TPSA) is 57.3 Å². The average molecular weight is 176 g/mol. The van der Waals surface area contributed by atoms with Gasteiger partial charge in [0.05, 0.1) is 0 Å². The standard InChI is InChI=1S/C6H10NO3S/c1-3-5-7(6-4-2)11(8,9)10/h3-4H,1-2,5-6H2. The normalized spacial score (nSPS) is 11.5. The van der Waals surface area contributed by atoms with E-state index >= 15 is 0 Å². The summed E-state index contributed by atoms with van der Waals surface area (Å²) in [6.07, 6.45) is 2.69. The van der Waals surface area contributed by atoms with Gasteiger partial charge >= 0.3 is 10.3 Å². The van der Waals surface area contributed by atoms with Crippen LogP contribution in [0.3, 0.4) is 0 Å². The highest BCUT2D eigenvalue weighted by molar-refractivity contribution is 7.83. The fourth-order valence-corrected chi connectivity index (χ4v) is 1.12. The molecule has 0 aliphatic heterocycles. The Bertz CT molecular complexity index is 222. The van der Waals surface area contributed by atoms with E-state index in [4.69, 9.17) is 0 Å². The molecule has 0 atom stereocenters. The molecule has 0 spiro atoms. The highest BCUT2D eigenvalue weighted by Gasteiger charge is 2.16. The molecule has 0 bridgehead atoms. The number of rotatable bonds is 5. The van der Waals surface area contributed by atoms with Crippen molar-refractivity contribution in [2.45, 2.75) is 0 Å². The molecule has 0 aliphatic carbocycles. The van der Waals surface area contributed by atoms with Crippen LogP contribution in [0.25, 0.3) is 0 Å². The molecule has 4 nitrogen and oxygen atoms in total. The maximum absolute atomic E-state index is 10.4. The molecule has 0 heterocycles. The van der Waals surface area contributed by atoms with E-state index in [0.717, 1.165) is 4.31 Å². The fraction of sp³-hybridized carbons (Fsp3) is 0.333. The van der Waals surface area contributed by atoms with Crippen molar-refractivity contribution in [2.24, 2.45) is 0 Å². The van der Waals surface area contributed by atoms with Crippen molar-refractivity contribution in [2.75, 3.05) is 13.1 Å². The van der Waals surface area contributed by atoms with Crippen LogP contribution >= 0.6 is 0 Å². The van der Waals surface area contributed by atoms with Gasteiger partial charge in [0.1, 0.15) is 0 Å². The third kappa shape index (κ3) is 3.92. The Morgan fingerprint density at radius 3 is 1.73 bits per heavy atom. The van der Waals surface area contributed by atoms with Gasteiger partial charge in [0, 0.05) is 13.1 Å². The molecule has 11 heavy (non-hydrogen) atoms. The van der Waals surface area contributed by atoms with Gasteiger partial charge in [-0.15, -0.1) is 13.2 Å². The molecular weight excluding hydrogens is 166 g/mol. The molecule has 0 aromatic heterocycles. The summed E-state index contributed by atoms with van der Waals surface area (Å²) < 4.78 is 31.9. The highest BCUT2D eigenvalue weighted by atomic mass is 32.2. The first-order valence-corrected chi connectivity index (χ1v) is 4.31. The largest absolute Gasteiger partial charge is 0.366 e. The van der Waals surface area contributed by atoms with E-state index < -0.39 is 10.3 Å². The Morgan fingerprint density at radius 2 is 1.55 bits per heavy atom. The molecule has 0 unspecified atom stereocenters. The molecule has 63 valence electrons. The van der Waals surface area contributed by atoms with Crippen molar-refractivity contribution >= 4 is 10.3 Å². The summed E-state index contributed by atoms with van der Waals surface area (Å²) in [5, 5.41) is 0. The summed E-state index contributed by atoms with van der Waals surface area (Å²) in [5.41, 5.74) is 0. The second-order valence-electron chi connectivity index (χ2n) is 1.85. The van der Waals surface area contributed by atoms with Gasteiger partial charge in [-0.05, 0) is 0 Å². The maximum atomic E-state index is 10.4. The lowest BCUT2D eigenvalue weighted by Crippen LogP contribution is -2.29. The van der Waals surface area contributed by atoms with Crippen molar-refractivity contribution in [3.8, 4) is 0 Å². The van der Waals surface area contributed by atoms with Gasteiger partial charge in [0.25, 0.3) is 0 Å². The molecule has 0 saturated carbocycles. The summed E-state index contributed by atoms with van der Waals surface area (Å²) in [6, 6.07) is 0. The smallest absolute Gasteiger partial charge is 0.179 e. The minimum absolute atomic E-state index is 0.0256. The van der Waals surface area contributed by atoms with Crippen LogP contribution in [0.5, 0.6) is 0 Å². The molecule has 0 saturated heterocycles. The van der Waals surface area contributed by atoms with Crippen LogP contribution < -0.4 is 0 Å². The molecule has 0 amide bonds. The van der Waals surface area contributed by atoms with Crippen molar-refractivity contribution in [3.63, 3.8) is 0 Å². The summed E-state index contributed by atoms with van der Waals surface area (Å²) in [4.78, 5) is 0. The van der Waals surface area contributed by atoms with Crippen molar-refractivity contribution in [3.05, 3.63) is 25.3 Å². The minimum Gasteiger partial charge on any atom is -0.179 e. The lowest BCUT2D eigenvalue weighted by atomic mass is 10.5. The van der Waals surface area contributed by atoms with Gasteiger partial charge in [-0.2, -0.15) is 12.7 Å². The lowest BCUT2D eigenvalue weighted by Gasteiger charge is -2.11. The van der Waals surface area contributed by atoms with E-state index in [1.807, 2.05) is 0 Å². The molecular formula is C6H10NO3S. The molecule has 0 aromatic carbocycles. The van der Waals surface area contributed by atoms with E-state index in [1.54, 1.807) is 0 Å². The molecule has 0 N–H and O–H groups in total. The van der Waals surface area contributed by atoms with E-state index in [2.05, 4.69) is 13.2 Å². The minimum atomic E-state index is -4.35. The zero-order valence-corrected chi connectivity index (χ0v) is 6.88. The predicted octanol–water partition coefficient (Wildman–Crippen LogP) is 0.336. The number of nitrogens with zero attached hydrogens (tertiary/aromatic N) is 1. The first-order chi connectivity index (χ1) is 5.02. The molecule has 0 rings (SSSR count). The Labute approximate surface area is 66.7 Å². The van der Waals surface area contributed by atoms with E-state index in [1.165, 1.54) is 12.2 Å². The van der Waals surface area contributed by atoms with Crippen LogP contribution in [0.15, 0.2) is 25.3 Å². The zero-order valence-electron chi connectivity index (χ0n) is 6.06. The van der Waals surface area contributed by atoms with Crippen LogP contribution in [-0.4, -0.2) is 25.8 Å². The first kappa shape index (κ1) is 10.3. The van der Waals surface area contributed by atoms with Crippen molar-refractivity contribution in [1.29, 1.82) is 0 Å². The second-order valence-corrected chi connectivity index (χ2v) is 3.22. The quantitative estimate of drug-likeness (QED) is 0.567. The van der Waals surface area contributed by atoms with E-state index in [9.17, 15) is 13.0 Å². The Balaban J connectivity index is 4.33. The van der Waals surface area contributed by atoms with Gasteiger partial charge in [-0.25, -0.2) is 0 Å². The van der Waals surface area contributed by atoms with E-state index in [0.29, 0.717) is 0 Å². The fourth-order valence-electron chi connectivity index (χ4n) is 0.545. The van der Waals surface area contributed by atoms with Crippen LogP contribution in [0.1, 0.15) is 0 Å². The monoisotopic (exact) mass is 176 g/mol. The van der Waals surface area contributed by atoms with Crippen LogP contribution in [0, 0.1) is 0 Å². The van der Waals surface area contributed by atoms with E-state index in [-0.39, 0.29) is 13.1 Å². The SMILES string of the molecule is C=CCN(CC=C)S([O])(=O)=O. The van der Waals surface area contributed by atoms with Crippen LogP contribution in [-0.2, 0) is 14.9 Å². The molecule has 5 heteroatoms. The molecule has 0 aromatic rings. The molecule has 0 fully saturated rings. The summed E-state index contributed by atoms with van der Waals surface area (Å²) in [6.45, 7) is 6.69.